The number of fused-ring (bicyclic) bond motifs is 2. The molecule has 200 valence electrons. The molecular weight excluding hydrogens is 468 g/mol. The molecule has 0 fully saturated rings. The molecule has 2 aliphatic rings. The van der Waals surface area contributed by atoms with E-state index < -0.39 is 0 Å². The van der Waals surface area contributed by atoms with Crippen LogP contribution < -0.4 is 39.1 Å². The average molecular weight is 507 g/mol. The monoisotopic (exact) mass is 506 g/mol. The normalized spacial score (nSPS) is 17.6. The quantitative estimate of drug-likeness (QED) is 0.316. The molecule has 0 bridgehead atoms. The fourth-order valence-electron chi connectivity index (χ4n) is 3.65. The second kappa shape index (κ2) is 15.2. The highest BCUT2D eigenvalue weighted by Crippen LogP contribution is 2.41. The minimum atomic E-state index is -0.0642. The summed E-state index contributed by atoms with van der Waals surface area (Å²) in [6.07, 6.45) is -0.105. The Morgan fingerprint density at radius 3 is 1.92 bits per heavy atom. The molecule has 2 aliphatic heterocycles. The Bertz CT molecular complexity index is 914. The van der Waals surface area contributed by atoms with Crippen molar-refractivity contribution in [3.05, 3.63) is 36.4 Å². The molecule has 0 saturated heterocycles. The molecular formula is C26H38N2O8. The topological polar surface area (TPSA) is 120 Å². The van der Waals surface area contributed by atoms with E-state index in [1.54, 1.807) is 0 Å². The van der Waals surface area contributed by atoms with Gasteiger partial charge < -0.3 is 49.3 Å². The maximum absolute atomic E-state index is 8.71. The Balaban J connectivity index is 0.000000201. The summed E-state index contributed by atoms with van der Waals surface area (Å²) in [4.78, 5) is 0. The number of ether oxygens (including phenoxy) is 6. The van der Waals surface area contributed by atoms with Crippen LogP contribution in [0.4, 0.5) is 0 Å². The van der Waals surface area contributed by atoms with Gasteiger partial charge in [0, 0.05) is 26.2 Å². The van der Waals surface area contributed by atoms with Crippen LogP contribution in [0.5, 0.6) is 34.5 Å². The zero-order chi connectivity index (χ0) is 25.6. The maximum Gasteiger partial charge on any atom is 0.204 e. The third-order valence-electron chi connectivity index (χ3n) is 5.22. The van der Waals surface area contributed by atoms with E-state index in [0.29, 0.717) is 75.6 Å². The molecule has 2 atom stereocenters. The Kier molecular flexibility index (Phi) is 11.7. The van der Waals surface area contributed by atoms with Crippen LogP contribution in [0.25, 0.3) is 0 Å². The van der Waals surface area contributed by atoms with Gasteiger partial charge in [-0.25, -0.2) is 0 Å². The molecule has 0 aromatic heterocycles. The number of rotatable bonds is 12. The highest BCUT2D eigenvalue weighted by atomic mass is 16.6. The summed E-state index contributed by atoms with van der Waals surface area (Å²) in [5.41, 5.74) is 0. The second-order valence-corrected chi connectivity index (χ2v) is 7.99. The smallest absolute Gasteiger partial charge is 0.204 e. The minimum Gasteiger partial charge on any atom is -0.490 e. The molecule has 0 spiro atoms. The van der Waals surface area contributed by atoms with E-state index >= 15 is 0 Å². The van der Waals surface area contributed by atoms with Crippen LogP contribution in [-0.4, -0.2) is 88.2 Å². The molecule has 10 heteroatoms. The van der Waals surface area contributed by atoms with Crippen molar-refractivity contribution in [1.82, 2.24) is 10.6 Å². The largest absolute Gasteiger partial charge is 0.490 e. The van der Waals surface area contributed by atoms with Gasteiger partial charge in [-0.15, -0.1) is 0 Å². The first kappa shape index (κ1) is 27.7. The number of hydrogen-bond acceptors (Lipinski definition) is 10. The Morgan fingerprint density at radius 2 is 1.31 bits per heavy atom. The van der Waals surface area contributed by atoms with Crippen molar-refractivity contribution in [3.8, 4) is 34.5 Å². The summed E-state index contributed by atoms with van der Waals surface area (Å²) < 4.78 is 34.0. The predicted octanol–water partition coefficient (Wildman–Crippen LogP) is 1.61. The predicted molar refractivity (Wildman–Crippen MR) is 135 cm³/mol. The van der Waals surface area contributed by atoms with Gasteiger partial charge in [-0.05, 0) is 38.1 Å². The molecule has 0 saturated carbocycles. The minimum absolute atomic E-state index is 0.0408. The lowest BCUT2D eigenvalue weighted by atomic mass is 10.2. The van der Waals surface area contributed by atoms with Crippen molar-refractivity contribution in [1.29, 1.82) is 0 Å². The fraction of sp³-hybridized carbons (Fsp3) is 0.538. The molecule has 4 rings (SSSR count). The number of aliphatic hydroxyl groups excluding tert-OH is 2. The van der Waals surface area contributed by atoms with Gasteiger partial charge in [0.15, 0.2) is 23.0 Å². The lowest BCUT2D eigenvalue weighted by Crippen LogP contribution is -2.39. The van der Waals surface area contributed by atoms with Gasteiger partial charge in [0.05, 0.1) is 26.4 Å². The van der Waals surface area contributed by atoms with Crippen LogP contribution in [0.15, 0.2) is 36.4 Å². The van der Waals surface area contributed by atoms with Crippen molar-refractivity contribution in [3.63, 3.8) is 0 Å². The Morgan fingerprint density at radius 1 is 0.750 bits per heavy atom. The van der Waals surface area contributed by atoms with Gasteiger partial charge >= 0.3 is 0 Å². The average Bonchev–Trinajstić information content (AvgIpc) is 2.90. The second-order valence-electron chi connectivity index (χ2n) is 7.99. The highest BCUT2D eigenvalue weighted by molar-refractivity contribution is 5.52. The van der Waals surface area contributed by atoms with Crippen molar-refractivity contribution in [2.24, 2.45) is 0 Å². The van der Waals surface area contributed by atoms with E-state index in [-0.39, 0.29) is 25.4 Å². The number of aliphatic hydroxyl groups is 2. The van der Waals surface area contributed by atoms with E-state index in [1.807, 2.05) is 50.2 Å². The fourth-order valence-corrected chi connectivity index (χ4v) is 3.65. The SMILES string of the molecule is CCOc1cccc2c1OC(CNCCO)CO2.CCOc1cccc2c1OCC(CNCCO)O2. The van der Waals surface area contributed by atoms with Crippen molar-refractivity contribution in [2.75, 3.05) is 65.8 Å². The van der Waals surface area contributed by atoms with Crippen LogP contribution in [0.2, 0.25) is 0 Å². The number of hydrogen-bond donors (Lipinski definition) is 4. The third-order valence-corrected chi connectivity index (χ3v) is 5.22. The molecule has 0 aliphatic carbocycles. The van der Waals surface area contributed by atoms with Crippen LogP contribution in [-0.2, 0) is 0 Å². The van der Waals surface area contributed by atoms with E-state index in [0.717, 1.165) is 11.5 Å². The number of para-hydroxylation sites is 2. The summed E-state index contributed by atoms with van der Waals surface area (Å²) in [5, 5.41) is 23.6. The summed E-state index contributed by atoms with van der Waals surface area (Å²) in [7, 11) is 0. The first-order valence-electron chi connectivity index (χ1n) is 12.4. The van der Waals surface area contributed by atoms with Crippen molar-refractivity contribution >= 4 is 0 Å². The summed E-state index contributed by atoms with van der Waals surface area (Å²) >= 11 is 0. The Labute approximate surface area is 212 Å². The molecule has 2 aromatic rings. The van der Waals surface area contributed by atoms with Crippen LogP contribution in [0.1, 0.15) is 13.8 Å². The lowest BCUT2D eigenvalue weighted by molar-refractivity contribution is 0.0846. The Hall–Kier alpha value is -2.92. The van der Waals surface area contributed by atoms with Crippen LogP contribution >= 0.6 is 0 Å². The molecule has 2 aromatic carbocycles. The summed E-state index contributed by atoms with van der Waals surface area (Å²) in [6.45, 7) is 8.69. The zero-order valence-electron chi connectivity index (χ0n) is 21.0. The molecule has 2 unspecified atom stereocenters. The standard InChI is InChI=1S/2C13H19NO4/c1-2-16-11-4-3-5-12-13(11)17-9-10(18-12)8-14-6-7-15;1-2-16-11-4-3-5-12-13(11)18-10(9-17-12)8-14-6-7-15/h2*3-5,10,14-15H,2,6-9H2,1H3. The van der Waals surface area contributed by atoms with Crippen LogP contribution in [0, 0.1) is 0 Å². The lowest BCUT2D eigenvalue weighted by Gasteiger charge is -2.28. The van der Waals surface area contributed by atoms with Crippen LogP contribution in [0.3, 0.4) is 0 Å². The van der Waals surface area contributed by atoms with Gasteiger partial charge in [-0.3, -0.25) is 0 Å². The van der Waals surface area contributed by atoms with E-state index in [9.17, 15) is 0 Å². The summed E-state index contributed by atoms with van der Waals surface area (Å²) in [5.74, 6) is 4.21. The van der Waals surface area contributed by atoms with Gasteiger partial charge in [0.2, 0.25) is 11.5 Å². The van der Waals surface area contributed by atoms with Gasteiger partial charge in [0.25, 0.3) is 0 Å². The van der Waals surface area contributed by atoms with E-state index in [4.69, 9.17) is 38.6 Å². The highest BCUT2D eigenvalue weighted by Gasteiger charge is 2.24. The van der Waals surface area contributed by atoms with Crippen molar-refractivity contribution in [2.45, 2.75) is 26.1 Å². The van der Waals surface area contributed by atoms with E-state index in [1.165, 1.54) is 0 Å². The third kappa shape index (κ3) is 8.06. The number of benzene rings is 2. The molecule has 36 heavy (non-hydrogen) atoms. The molecule has 4 N–H and O–H groups in total. The van der Waals surface area contributed by atoms with Gasteiger partial charge in [-0.2, -0.15) is 0 Å². The number of nitrogens with one attached hydrogen (secondary N) is 2. The van der Waals surface area contributed by atoms with Gasteiger partial charge in [-0.1, -0.05) is 12.1 Å². The molecule has 0 radical (unpaired) electrons. The first-order valence-corrected chi connectivity index (χ1v) is 12.4. The zero-order valence-corrected chi connectivity index (χ0v) is 21.0. The molecule has 2 heterocycles. The first-order chi connectivity index (χ1) is 17.7. The summed E-state index contributed by atoms with van der Waals surface area (Å²) in [6, 6.07) is 11.3. The molecule has 10 nitrogen and oxygen atoms in total. The molecule has 0 amide bonds. The van der Waals surface area contributed by atoms with Gasteiger partial charge in [0.1, 0.15) is 25.4 Å². The van der Waals surface area contributed by atoms with E-state index in [2.05, 4.69) is 10.6 Å². The maximum atomic E-state index is 8.71. The van der Waals surface area contributed by atoms with Crippen molar-refractivity contribution < 1.29 is 38.6 Å².